The standard InChI is InChI=1S/C16H23NO3/c1-12-7-9-16(20,10-8-12)11-17-14(15(18)19)13-5-3-2-4-6-13/h2-6,12,14,17,20H,7-11H2,1H3,(H,18,19). The number of hydrogen-bond acceptors (Lipinski definition) is 3. The van der Waals surface area contributed by atoms with Gasteiger partial charge >= 0.3 is 5.97 Å². The second-order valence-electron chi connectivity index (χ2n) is 5.97. The fourth-order valence-electron chi connectivity index (χ4n) is 2.76. The van der Waals surface area contributed by atoms with Crippen LogP contribution in [0.25, 0.3) is 0 Å². The van der Waals surface area contributed by atoms with Crippen molar-refractivity contribution in [3.8, 4) is 0 Å². The molecule has 1 aromatic carbocycles. The summed E-state index contributed by atoms with van der Waals surface area (Å²) in [5.74, 6) is -0.261. The molecule has 110 valence electrons. The number of hydrogen-bond donors (Lipinski definition) is 3. The first-order valence-electron chi connectivity index (χ1n) is 7.24. The molecule has 0 spiro atoms. The zero-order valence-electron chi connectivity index (χ0n) is 11.9. The fourth-order valence-corrected chi connectivity index (χ4v) is 2.76. The van der Waals surface area contributed by atoms with Gasteiger partial charge in [-0.25, -0.2) is 0 Å². The molecule has 4 nitrogen and oxygen atoms in total. The molecular formula is C16H23NO3. The number of benzene rings is 1. The molecule has 4 heteroatoms. The third kappa shape index (κ3) is 3.81. The third-order valence-corrected chi connectivity index (χ3v) is 4.22. The zero-order valence-corrected chi connectivity index (χ0v) is 11.9. The van der Waals surface area contributed by atoms with Crippen LogP contribution in [0.1, 0.15) is 44.2 Å². The van der Waals surface area contributed by atoms with Crippen LogP contribution in [0, 0.1) is 5.92 Å². The molecule has 20 heavy (non-hydrogen) atoms. The molecule has 3 N–H and O–H groups in total. The van der Waals surface area contributed by atoms with Gasteiger partial charge in [-0.2, -0.15) is 0 Å². The molecule has 1 aliphatic rings. The topological polar surface area (TPSA) is 69.6 Å². The molecule has 0 aliphatic heterocycles. The summed E-state index contributed by atoms with van der Waals surface area (Å²) in [6.07, 6.45) is 3.48. The van der Waals surface area contributed by atoms with Crippen LogP contribution in [-0.2, 0) is 4.79 Å². The molecular weight excluding hydrogens is 254 g/mol. The summed E-state index contributed by atoms with van der Waals surface area (Å²) < 4.78 is 0. The van der Waals surface area contributed by atoms with E-state index in [1.807, 2.05) is 18.2 Å². The molecule has 0 aromatic heterocycles. The Labute approximate surface area is 119 Å². The van der Waals surface area contributed by atoms with Gasteiger partial charge < -0.3 is 10.2 Å². The summed E-state index contributed by atoms with van der Waals surface area (Å²) in [6, 6.07) is 8.32. The number of carboxylic acid groups (broad SMARTS) is 1. The van der Waals surface area contributed by atoms with Gasteiger partial charge in [0, 0.05) is 6.54 Å². The third-order valence-electron chi connectivity index (χ3n) is 4.22. The number of aliphatic hydroxyl groups is 1. The Morgan fingerprint density at radius 1 is 1.35 bits per heavy atom. The van der Waals surface area contributed by atoms with Gasteiger partial charge in [0.15, 0.2) is 0 Å². The highest BCUT2D eigenvalue weighted by Crippen LogP contribution is 2.31. The van der Waals surface area contributed by atoms with Gasteiger partial charge in [-0.15, -0.1) is 0 Å². The molecule has 1 aromatic rings. The maximum atomic E-state index is 11.4. The average molecular weight is 277 g/mol. The lowest BCUT2D eigenvalue weighted by Crippen LogP contribution is -2.45. The minimum absolute atomic E-state index is 0.325. The largest absolute Gasteiger partial charge is 0.480 e. The normalized spacial score (nSPS) is 28.0. The number of carboxylic acids is 1. The van der Waals surface area contributed by atoms with Crippen molar-refractivity contribution < 1.29 is 15.0 Å². The summed E-state index contributed by atoms with van der Waals surface area (Å²) in [6.45, 7) is 2.52. The maximum absolute atomic E-state index is 11.4. The van der Waals surface area contributed by atoms with Crippen LogP contribution >= 0.6 is 0 Å². The average Bonchev–Trinajstić information content (AvgIpc) is 2.44. The van der Waals surface area contributed by atoms with Crippen LogP contribution in [0.2, 0.25) is 0 Å². The molecule has 1 unspecified atom stereocenters. The van der Waals surface area contributed by atoms with E-state index < -0.39 is 17.6 Å². The van der Waals surface area contributed by atoms with E-state index in [0.717, 1.165) is 25.7 Å². The Morgan fingerprint density at radius 2 is 1.95 bits per heavy atom. The lowest BCUT2D eigenvalue weighted by molar-refractivity contribution is -0.140. The number of aliphatic carboxylic acids is 1. The van der Waals surface area contributed by atoms with Gasteiger partial charge in [-0.05, 0) is 37.2 Å². The Morgan fingerprint density at radius 3 is 2.50 bits per heavy atom. The summed E-state index contributed by atoms with van der Waals surface area (Å²) >= 11 is 0. The zero-order chi connectivity index (χ0) is 14.6. The quantitative estimate of drug-likeness (QED) is 0.772. The summed E-state index contributed by atoms with van der Waals surface area (Å²) in [4.78, 5) is 11.4. The summed E-state index contributed by atoms with van der Waals surface area (Å²) in [5, 5.41) is 22.9. The van der Waals surface area contributed by atoms with Crippen LogP contribution in [0.3, 0.4) is 0 Å². The van der Waals surface area contributed by atoms with E-state index in [1.165, 1.54) is 0 Å². The van der Waals surface area contributed by atoms with Crippen molar-refractivity contribution in [2.45, 2.75) is 44.2 Å². The molecule has 0 bridgehead atoms. The van der Waals surface area contributed by atoms with Crippen molar-refractivity contribution in [3.63, 3.8) is 0 Å². The van der Waals surface area contributed by atoms with Gasteiger partial charge in [0.2, 0.25) is 0 Å². The van der Waals surface area contributed by atoms with Crippen molar-refractivity contribution in [1.82, 2.24) is 5.32 Å². The first-order valence-corrected chi connectivity index (χ1v) is 7.24. The van der Waals surface area contributed by atoms with Gasteiger partial charge in [-0.3, -0.25) is 10.1 Å². The van der Waals surface area contributed by atoms with Gasteiger partial charge in [-0.1, -0.05) is 37.3 Å². The van der Waals surface area contributed by atoms with E-state index in [-0.39, 0.29) is 0 Å². The Kier molecular flexibility index (Phi) is 4.78. The van der Waals surface area contributed by atoms with E-state index in [0.29, 0.717) is 18.0 Å². The van der Waals surface area contributed by atoms with Crippen LogP contribution in [0.5, 0.6) is 0 Å². The number of carbonyl (C=O) groups is 1. The van der Waals surface area contributed by atoms with Crippen LogP contribution in [0.4, 0.5) is 0 Å². The van der Waals surface area contributed by atoms with Gasteiger partial charge in [0.05, 0.1) is 5.60 Å². The first-order chi connectivity index (χ1) is 9.50. The van der Waals surface area contributed by atoms with Crippen LogP contribution < -0.4 is 5.32 Å². The van der Waals surface area contributed by atoms with E-state index in [2.05, 4.69) is 12.2 Å². The van der Waals surface area contributed by atoms with Gasteiger partial charge in [0.25, 0.3) is 0 Å². The Balaban J connectivity index is 1.98. The monoisotopic (exact) mass is 277 g/mol. The number of nitrogens with one attached hydrogen (secondary N) is 1. The van der Waals surface area contributed by atoms with Crippen molar-refractivity contribution >= 4 is 5.97 Å². The van der Waals surface area contributed by atoms with E-state index >= 15 is 0 Å². The predicted octanol–water partition coefficient (Wildman–Crippen LogP) is 2.34. The summed E-state index contributed by atoms with van der Waals surface area (Å²) in [5.41, 5.74) is -0.0533. The van der Waals surface area contributed by atoms with Crippen molar-refractivity contribution in [2.75, 3.05) is 6.54 Å². The lowest BCUT2D eigenvalue weighted by atomic mass is 9.79. The fraction of sp³-hybridized carbons (Fsp3) is 0.562. The van der Waals surface area contributed by atoms with E-state index in [9.17, 15) is 15.0 Å². The Hall–Kier alpha value is -1.39. The molecule has 2 rings (SSSR count). The molecule has 0 radical (unpaired) electrons. The Bertz CT molecular complexity index is 438. The highest BCUT2D eigenvalue weighted by Gasteiger charge is 2.33. The molecule has 0 amide bonds. The SMILES string of the molecule is CC1CCC(O)(CNC(C(=O)O)c2ccccc2)CC1. The van der Waals surface area contributed by atoms with Crippen LogP contribution in [0.15, 0.2) is 30.3 Å². The highest BCUT2D eigenvalue weighted by atomic mass is 16.4. The maximum Gasteiger partial charge on any atom is 0.325 e. The molecule has 1 atom stereocenters. The first kappa shape index (κ1) is 15.0. The second-order valence-corrected chi connectivity index (χ2v) is 5.97. The minimum atomic E-state index is -0.913. The molecule has 0 heterocycles. The smallest absolute Gasteiger partial charge is 0.325 e. The van der Waals surface area contributed by atoms with E-state index in [4.69, 9.17) is 0 Å². The molecule has 0 saturated heterocycles. The van der Waals surface area contributed by atoms with Crippen LogP contribution in [-0.4, -0.2) is 28.3 Å². The molecule has 1 aliphatic carbocycles. The predicted molar refractivity (Wildman–Crippen MR) is 77.4 cm³/mol. The minimum Gasteiger partial charge on any atom is -0.480 e. The van der Waals surface area contributed by atoms with Crippen molar-refractivity contribution in [2.24, 2.45) is 5.92 Å². The van der Waals surface area contributed by atoms with Crippen molar-refractivity contribution in [1.29, 1.82) is 0 Å². The molecule has 1 fully saturated rings. The summed E-state index contributed by atoms with van der Waals surface area (Å²) in [7, 11) is 0. The van der Waals surface area contributed by atoms with E-state index in [1.54, 1.807) is 12.1 Å². The second kappa shape index (κ2) is 6.37. The lowest BCUT2D eigenvalue weighted by Gasteiger charge is -2.35. The van der Waals surface area contributed by atoms with Gasteiger partial charge in [0.1, 0.15) is 6.04 Å². The number of rotatable bonds is 5. The molecule has 1 saturated carbocycles. The highest BCUT2D eigenvalue weighted by molar-refractivity contribution is 5.75. The van der Waals surface area contributed by atoms with Crippen molar-refractivity contribution in [3.05, 3.63) is 35.9 Å².